The van der Waals surface area contributed by atoms with Gasteiger partial charge in [-0.2, -0.15) is 0 Å². The van der Waals surface area contributed by atoms with Gasteiger partial charge in [-0.1, -0.05) is 31.4 Å². The number of hydrogen-bond acceptors (Lipinski definition) is 5. The van der Waals surface area contributed by atoms with Crippen LogP contribution in [0.4, 0.5) is 0 Å². The predicted octanol–water partition coefficient (Wildman–Crippen LogP) is 4.73. The molecule has 2 fully saturated rings. The molecule has 1 saturated heterocycles. The Hall–Kier alpha value is -2.67. The van der Waals surface area contributed by atoms with Crippen molar-refractivity contribution in [2.24, 2.45) is 5.92 Å². The Bertz CT molecular complexity index is 981. The lowest BCUT2D eigenvalue weighted by atomic mass is 9.93. The second-order valence-electron chi connectivity index (χ2n) is 9.02. The van der Waals surface area contributed by atoms with Crippen molar-refractivity contribution in [1.82, 2.24) is 15.2 Å². The Labute approximate surface area is 200 Å². The molecular formula is C26H33N3O3S. The van der Waals surface area contributed by atoms with Crippen molar-refractivity contribution in [1.29, 1.82) is 0 Å². The molecule has 2 heterocycles. The van der Waals surface area contributed by atoms with E-state index in [4.69, 9.17) is 4.74 Å². The van der Waals surface area contributed by atoms with Crippen LogP contribution in [0, 0.1) is 12.8 Å². The molecule has 2 aliphatic rings. The zero-order valence-electron chi connectivity index (χ0n) is 19.3. The standard InChI is InChI=1S/C26H33N3O3S/c1-19-27-23(18-33-19)17-32-24-11-5-7-20(15-24)12-13-25(30)29-14-6-8-21(16-29)26(31)28-22-9-3-2-4-10-22/h5,7,11-13,15,18,21-22H,2-4,6,8-10,14,16-17H2,1H3,(H,28,31)/b13-12+. The summed E-state index contributed by atoms with van der Waals surface area (Å²) in [6, 6.07) is 7.99. The van der Waals surface area contributed by atoms with E-state index in [1.807, 2.05) is 42.6 Å². The minimum atomic E-state index is -0.107. The number of nitrogens with zero attached hydrogens (tertiary/aromatic N) is 2. The molecule has 6 nitrogen and oxygen atoms in total. The Morgan fingerprint density at radius 1 is 1.21 bits per heavy atom. The van der Waals surface area contributed by atoms with Gasteiger partial charge in [0.15, 0.2) is 0 Å². The van der Waals surface area contributed by atoms with Gasteiger partial charge >= 0.3 is 0 Å². The lowest BCUT2D eigenvalue weighted by Crippen LogP contribution is -2.47. The number of ether oxygens (including phenoxy) is 1. The first-order valence-corrected chi connectivity index (χ1v) is 12.9. The van der Waals surface area contributed by atoms with E-state index in [0.717, 1.165) is 47.7 Å². The maximum atomic E-state index is 12.8. The zero-order chi connectivity index (χ0) is 23.0. The number of benzene rings is 1. The molecule has 1 aliphatic carbocycles. The van der Waals surface area contributed by atoms with Gasteiger partial charge in [0, 0.05) is 30.6 Å². The highest BCUT2D eigenvalue weighted by atomic mass is 32.1. The first-order valence-electron chi connectivity index (χ1n) is 12.0. The summed E-state index contributed by atoms with van der Waals surface area (Å²) >= 11 is 1.61. The molecular weight excluding hydrogens is 434 g/mol. The number of aromatic nitrogens is 1. The fraction of sp³-hybridized carbons (Fsp3) is 0.500. The van der Waals surface area contributed by atoms with Gasteiger partial charge in [-0.05, 0) is 56.4 Å². The molecule has 0 radical (unpaired) electrons. The molecule has 0 spiro atoms. The summed E-state index contributed by atoms with van der Waals surface area (Å²) in [6.07, 6.45) is 10.9. The van der Waals surface area contributed by atoms with Crippen LogP contribution in [0.1, 0.15) is 61.2 Å². The molecule has 2 aromatic rings. The Balaban J connectivity index is 1.29. The number of aryl methyl sites for hydroxylation is 1. The van der Waals surface area contributed by atoms with E-state index < -0.39 is 0 Å². The average Bonchev–Trinajstić information content (AvgIpc) is 3.27. The topological polar surface area (TPSA) is 71.5 Å². The molecule has 1 aliphatic heterocycles. The van der Waals surface area contributed by atoms with Crippen LogP contribution >= 0.6 is 11.3 Å². The molecule has 1 saturated carbocycles. The van der Waals surface area contributed by atoms with Gasteiger partial charge in [-0.25, -0.2) is 4.98 Å². The van der Waals surface area contributed by atoms with Crippen molar-refractivity contribution in [2.75, 3.05) is 13.1 Å². The summed E-state index contributed by atoms with van der Waals surface area (Å²) in [5.74, 6) is 0.703. The lowest BCUT2D eigenvalue weighted by molar-refractivity contribution is -0.132. The number of piperidine rings is 1. The second kappa shape index (κ2) is 11.5. The summed E-state index contributed by atoms with van der Waals surface area (Å²) < 4.78 is 5.84. The number of amides is 2. The number of carbonyl (C=O) groups is 2. The smallest absolute Gasteiger partial charge is 0.246 e. The van der Waals surface area contributed by atoms with Crippen molar-refractivity contribution >= 4 is 29.2 Å². The molecule has 7 heteroatoms. The van der Waals surface area contributed by atoms with Crippen molar-refractivity contribution in [2.45, 2.75) is 64.5 Å². The molecule has 2 amide bonds. The third kappa shape index (κ3) is 6.90. The predicted molar refractivity (Wildman–Crippen MR) is 131 cm³/mol. The van der Waals surface area contributed by atoms with Crippen molar-refractivity contribution in [3.05, 3.63) is 52.0 Å². The largest absolute Gasteiger partial charge is 0.487 e. The van der Waals surface area contributed by atoms with Gasteiger partial charge in [0.25, 0.3) is 0 Å². The van der Waals surface area contributed by atoms with Crippen LogP contribution in [-0.2, 0) is 16.2 Å². The maximum absolute atomic E-state index is 12.8. The SMILES string of the molecule is Cc1nc(COc2cccc(/C=C/C(=O)N3CCCC(C(=O)NC4CCCCC4)C3)c2)cs1. The summed E-state index contributed by atoms with van der Waals surface area (Å²) in [5, 5.41) is 6.25. The van der Waals surface area contributed by atoms with E-state index in [0.29, 0.717) is 25.7 Å². The highest BCUT2D eigenvalue weighted by Gasteiger charge is 2.29. The minimum absolute atomic E-state index is 0.0468. The fourth-order valence-electron chi connectivity index (χ4n) is 4.57. The number of carbonyl (C=O) groups excluding carboxylic acids is 2. The summed E-state index contributed by atoms with van der Waals surface area (Å²) in [6.45, 7) is 3.60. The molecule has 176 valence electrons. The van der Waals surface area contributed by atoms with E-state index in [-0.39, 0.29) is 17.7 Å². The lowest BCUT2D eigenvalue weighted by Gasteiger charge is -2.33. The van der Waals surface area contributed by atoms with Gasteiger partial charge in [-0.15, -0.1) is 11.3 Å². The van der Waals surface area contributed by atoms with Crippen molar-refractivity contribution in [3.63, 3.8) is 0 Å². The maximum Gasteiger partial charge on any atom is 0.246 e. The summed E-state index contributed by atoms with van der Waals surface area (Å²) in [5.41, 5.74) is 1.82. The Kier molecular flexibility index (Phi) is 8.15. The first kappa shape index (κ1) is 23.5. The molecule has 4 rings (SSSR count). The molecule has 1 atom stereocenters. The van der Waals surface area contributed by atoms with Crippen LogP contribution < -0.4 is 10.1 Å². The summed E-state index contributed by atoms with van der Waals surface area (Å²) in [4.78, 5) is 31.7. The molecule has 33 heavy (non-hydrogen) atoms. The van der Waals surface area contributed by atoms with Crippen LogP contribution in [0.3, 0.4) is 0 Å². The van der Waals surface area contributed by atoms with Crippen molar-refractivity contribution < 1.29 is 14.3 Å². The molecule has 1 aromatic carbocycles. The van der Waals surface area contributed by atoms with E-state index in [9.17, 15) is 9.59 Å². The normalized spacial score (nSPS) is 19.5. The van der Waals surface area contributed by atoms with E-state index in [1.165, 1.54) is 19.3 Å². The monoisotopic (exact) mass is 467 g/mol. The van der Waals surface area contributed by atoms with Gasteiger partial charge in [0.2, 0.25) is 11.8 Å². The van der Waals surface area contributed by atoms with Gasteiger partial charge in [-0.3, -0.25) is 9.59 Å². The average molecular weight is 468 g/mol. The zero-order valence-corrected chi connectivity index (χ0v) is 20.1. The highest BCUT2D eigenvalue weighted by Crippen LogP contribution is 2.22. The number of nitrogens with one attached hydrogen (secondary N) is 1. The van der Waals surface area contributed by atoms with Gasteiger partial charge < -0.3 is 15.0 Å². The number of likely N-dealkylation sites (tertiary alicyclic amines) is 1. The molecule has 1 unspecified atom stereocenters. The number of rotatable bonds is 7. The van der Waals surface area contributed by atoms with E-state index >= 15 is 0 Å². The minimum Gasteiger partial charge on any atom is -0.487 e. The van der Waals surface area contributed by atoms with Crippen LogP contribution in [0.25, 0.3) is 6.08 Å². The quantitative estimate of drug-likeness (QED) is 0.598. The second-order valence-corrected chi connectivity index (χ2v) is 10.1. The van der Waals surface area contributed by atoms with E-state index in [2.05, 4.69) is 10.3 Å². The van der Waals surface area contributed by atoms with Crippen LogP contribution in [0.5, 0.6) is 5.75 Å². The molecule has 1 N–H and O–H groups in total. The Morgan fingerprint density at radius 3 is 2.85 bits per heavy atom. The molecule has 1 aromatic heterocycles. The molecule has 0 bridgehead atoms. The third-order valence-corrected chi connectivity index (χ3v) is 7.21. The third-order valence-electron chi connectivity index (χ3n) is 6.39. The first-order chi connectivity index (χ1) is 16.1. The highest BCUT2D eigenvalue weighted by molar-refractivity contribution is 7.09. The Morgan fingerprint density at radius 2 is 2.06 bits per heavy atom. The van der Waals surface area contributed by atoms with Gasteiger partial charge in [0.1, 0.15) is 12.4 Å². The van der Waals surface area contributed by atoms with Gasteiger partial charge in [0.05, 0.1) is 16.6 Å². The summed E-state index contributed by atoms with van der Waals surface area (Å²) in [7, 11) is 0. The van der Waals surface area contributed by atoms with Crippen LogP contribution in [0.2, 0.25) is 0 Å². The van der Waals surface area contributed by atoms with Crippen LogP contribution in [-0.4, -0.2) is 40.8 Å². The van der Waals surface area contributed by atoms with E-state index in [1.54, 1.807) is 22.3 Å². The number of hydrogen-bond donors (Lipinski definition) is 1. The van der Waals surface area contributed by atoms with Crippen molar-refractivity contribution in [3.8, 4) is 5.75 Å². The van der Waals surface area contributed by atoms with Crippen LogP contribution in [0.15, 0.2) is 35.7 Å². The number of thiazole rings is 1. The fourth-order valence-corrected chi connectivity index (χ4v) is 5.17.